The van der Waals surface area contributed by atoms with Crippen LogP contribution in [0.15, 0.2) is 48.5 Å². The number of nitrogens with zero attached hydrogens (tertiary/aromatic N) is 1. The Hall–Kier alpha value is -3.68. The van der Waals surface area contributed by atoms with Gasteiger partial charge in [0.05, 0.1) is 16.7 Å². The fraction of sp³-hybridized carbons (Fsp3) is 0.111. The number of hydrogen-bond donors (Lipinski definition) is 3. The minimum Gasteiger partial charge on any atom is -0.478 e. The van der Waals surface area contributed by atoms with E-state index < -0.39 is 12.0 Å². The van der Waals surface area contributed by atoms with Gasteiger partial charge < -0.3 is 15.7 Å². The molecule has 0 aromatic heterocycles. The van der Waals surface area contributed by atoms with Crippen LogP contribution in [0.5, 0.6) is 0 Å². The minimum atomic E-state index is -1.10. The lowest BCUT2D eigenvalue weighted by atomic mass is 10.1. The number of aromatic carboxylic acids is 1. The summed E-state index contributed by atoms with van der Waals surface area (Å²) in [5.74, 6) is -1.87. The predicted molar refractivity (Wildman–Crippen MR) is 92.2 cm³/mol. The van der Waals surface area contributed by atoms with Crippen LogP contribution in [0.25, 0.3) is 0 Å². The number of hydrogen-bond acceptors (Lipinski definition) is 4. The molecule has 0 aliphatic carbocycles. The summed E-state index contributed by atoms with van der Waals surface area (Å²) in [6.45, 7) is 0.102. The Balaban J connectivity index is 1.53. The molecule has 2 aromatic rings. The van der Waals surface area contributed by atoms with E-state index in [0.29, 0.717) is 16.8 Å². The number of carboxylic acid groups (broad SMARTS) is 1. The smallest absolute Gasteiger partial charge is 0.335 e. The highest BCUT2D eigenvalue weighted by Gasteiger charge is 2.34. The molecule has 3 N–H and O–H groups in total. The van der Waals surface area contributed by atoms with Gasteiger partial charge in [-0.15, -0.1) is 0 Å². The number of carbonyl (C=O) groups is 4. The SMILES string of the molecule is O=C(NCCN1C(=O)c2ccccc2C1=O)Nc1cccc(C(=O)O)c1. The lowest BCUT2D eigenvalue weighted by Crippen LogP contribution is -2.39. The van der Waals surface area contributed by atoms with Crippen molar-refractivity contribution in [3.63, 3.8) is 0 Å². The zero-order valence-corrected chi connectivity index (χ0v) is 13.6. The zero-order valence-electron chi connectivity index (χ0n) is 13.6. The maximum atomic E-state index is 12.2. The molecule has 2 aromatic carbocycles. The highest BCUT2D eigenvalue weighted by Crippen LogP contribution is 2.21. The molecule has 132 valence electrons. The third kappa shape index (κ3) is 3.39. The van der Waals surface area contributed by atoms with Crippen LogP contribution in [0.3, 0.4) is 0 Å². The van der Waals surface area contributed by atoms with Gasteiger partial charge in [0.15, 0.2) is 0 Å². The molecule has 1 heterocycles. The summed E-state index contributed by atoms with van der Waals surface area (Å²) < 4.78 is 0. The van der Waals surface area contributed by atoms with Gasteiger partial charge in [-0.1, -0.05) is 18.2 Å². The molecule has 8 heteroatoms. The number of anilines is 1. The lowest BCUT2D eigenvalue weighted by molar-refractivity contribution is 0.0652. The number of carbonyl (C=O) groups excluding carboxylic acids is 3. The number of nitrogens with one attached hydrogen (secondary N) is 2. The van der Waals surface area contributed by atoms with Crippen LogP contribution in [-0.4, -0.2) is 46.9 Å². The van der Waals surface area contributed by atoms with Gasteiger partial charge in [-0.2, -0.15) is 0 Å². The van der Waals surface area contributed by atoms with E-state index in [4.69, 9.17) is 5.11 Å². The van der Waals surface area contributed by atoms with Crippen molar-refractivity contribution in [2.24, 2.45) is 0 Å². The minimum absolute atomic E-state index is 0.0366. The van der Waals surface area contributed by atoms with E-state index in [-0.39, 0.29) is 30.5 Å². The second-order valence-electron chi connectivity index (χ2n) is 5.57. The van der Waals surface area contributed by atoms with Crippen molar-refractivity contribution >= 4 is 29.5 Å². The van der Waals surface area contributed by atoms with E-state index in [9.17, 15) is 19.2 Å². The maximum absolute atomic E-state index is 12.2. The average Bonchev–Trinajstić information content (AvgIpc) is 2.87. The summed E-state index contributed by atoms with van der Waals surface area (Å²) in [5, 5.41) is 14.0. The molecule has 1 aliphatic rings. The topological polar surface area (TPSA) is 116 Å². The van der Waals surface area contributed by atoms with Crippen molar-refractivity contribution in [1.29, 1.82) is 0 Å². The third-order valence-electron chi connectivity index (χ3n) is 3.87. The van der Waals surface area contributed by atoms with Crippen LogP contribution in [0.1, 0.15) is 31.1 Å². The van der Waals surface area contributed by atoms with Crippen molar-refractivity contribution in [3.8, 4) is 0 Å². The Labute approximate surface area is 148 Å². The molecule has 0 spiro atoms. The molecular formula is C18H15N3O5. The highest BCUT2D eigenvalue weighted by atomic mass is 16.4. The summed E-state index contributed by atoms with van der Waals surface area (Å²) in [7, 11) is 0. The standard InChI is InChI=1S/C18H15N3O5/c22-15-13-6-1-2-7-14(13)16(23)21(15)9-8-19-18(26)20-12-5-3-4-11(10-12)17(24)25/h1-7,10H,8-9H2,(H,24,25)(H2,19,20,26). The first-order valence-electron chi connectivity index (χ1n) is 7.81. The van der Waals surface area contributed by atoms with Crippen molar-refractivity contribution in [1.82, 2.24) is 10.2 Å². The number of carboxylic acids is 1. The van der Waals surface area contributed by atoms with Gasteiger partial charge in [0.2, 0.25) is 0 Å². The van der Waals surface area contributed by atoms with Crippen molar-refractivity contribution in [2.75, 3.05) is 18.4 Å². The molecule has 0 radical (unpaired) electrons. The molecule has 0 atom stereocenters. The van der Waals surface area contributed by atoms with Gasteiger partial charge in [0.1, 0.15) is 0 Å². The monoisotopic (exact) mass is 353 g/mol. The van der Waals surface area contributed by atoms with E-state index in [1.54, 1.807) is 30.3 Å². The summed E-state index contributed by atoms with van der Waals surface area (Å²) in [5.41, 5.74) is 1.08. The number of imide groups is 1. The number of urea groups is 1. The zero-order chi connectivity index (χ0) is 18.7. The summed E-state index contributed by atoms with van der Waals surface area (Å²) >= 11 is 0. The normalized spacial score (nSPS) is 12.7. The summed E-state index contributed by atoms with van der Waals surface area (Å²) in [6, 6.07) is 11.8. The van der Waals surface area contributed by atoms with Crippen LogP contribution in [-0.2, 0) is 0 Å². The molecule has 3 rings (SSSR count). The number of rotatable bonds is 5. The average molecular weight is 353 g/mol. The molecule has 26 heavy (non-hydrogen) atoms. The number of benzene rings is 2. The largest absolute Gasteiger partial charge is 0.478 e. The van der Waals surface area contributed by atoms with Gasteiger partial charge in [0, 0.05) is 18.8 Å². The predicted octanol–water partition coefficient (Wildman–Crippen LogP) is 1.80. The number of fused-ring (bicyclic) bond motifs is 1. The first-order valence-corrected chi connectivity index (χ1v) is 7.81. The molecule has 0 fully saturated rings. The quantitative estimate of drug-likeness (QED) is 0.709. The summed E-state index contributed by atoms with van der Waals surface area (Å²) in [6.07, 6.45) is 0. The van der Waals surface area contributed by atoms with Crippen molar-refractivity contribution in [3.05, 3.63) is 65.2 Å². The molecule has 0 saturated carbocycles. The van der Waals surface area contributed by atoms with Gasteiger partial charge in [-0.25, -0.2) is 9.59 Å². The van der Waals surface area contributed by atoms with Crippen LogP contribution in [0.4, 0.5) is 10.5 Å². The van der Waals surface area contributed by atoms with Gasteiger partial charge >= 0.3 is 12.0 Å². The molecule has 8 nitrogen and oxygen atoms in total. The van der Waals surface area contributed by atoms with E-state index in [1.807, 2.05) is 0 Å². The molecule has 0 unspecified atom stereocenters. The van der Waals surface area contributed by atoms with Crippen LogP contribution in [0.2, 0.25) is 0 Å². The molecule has 4 amide bonds. The molecule has 0 saturated heterocycles. The van der Waals surface area contributed by atoms with E-state index >= 15 is 0 Å². The van der Waals surface area contributed by atoms with E-state index in [2.05, 4.69) is 10.6 Å². The summed E-state index contributed by atoms with van der Waals surface area (Å²) in [4.78, 5) is 48.3. The van der Waals surface area contributed by atoms with Crippen molar-refractivity contribution < 1.29 is 24.3 Å². The van der Waals surface area contributed by atoms with Gasteiger partial charge in [-0.05, 0) is 30.3 Å². The Bertz CT molecular complexity index is 874. The Morgan fingerprint density at radius 3 is 2.23 bits per heavy atom. The lowest BCUT2D eigenvalue weighted by Gasteiger charge is -2.14. The fourth-order valence-corrected chi connectivity index (χ4v) is 2.63. The first-order chi connectivity index (χ1) is 12.5. The van der Waals surface area contributed by atoms with E-state index in [1.165, 1.54) is 18.2 Å². The number of amides is 4. The molecule has 1 aliphatic heterocycles. The van der Waals surface area contributed by atoms with Crippen LogP contribution in [0, 0.1) is 0 Å². The second-order valence-corrected chi connectivity index (χ2v) is 5.57. The van der Waals surface area contributed by atoms with Gasteiger partial charge in [0.25, 0.3) is 11.8 Å². The molecule has 0 bridgehead atoms. The maximum Gasteiger partial charge on any atom is 0.335 e. The second kappa shape index (κ2) is 7.06. The molecular weight excluding hydrogens is 338 g/mol. The van der Waals surface area contributed by atoms with Crippen LogP contribution >= 0.6 is 0 Å². The Morgan fingerprint density at radius 1 is 0.962 bits per heavy atom. The van der Waals surface area contributed by atoms with E-state index in [0.717, 1.165) is 4.90 Å². The van der Waals surface area contributed by atoms with Gasteiger partial charge in [-0.3, -0.25) is 14.5 Å². The van der Waals surface area contributed by atoms with Crippen molar-refractivity contribution in [2.45, 2.75) is 0 Å². The highest BCUT2D eigenvalue weighted by molar-refractivity contribution is 6.21. The third-order valence-corrected chi connectivity index (χ3v) is 3.87. The van der Waals surface area contributed by atoms with Crippen LogP contribution < -0.4 is 10.6 Å². The Morgan fingerprint density at radius 2 is 1.62 bits per heavy atom. The first kappa shape index (κ1) is 17.2. The fourth-order valence-electron chi connectivity index (χ4n) is 2.63. The Kier molecular flexibility index (Phi) is 4.66.